The van der Waals surface area contributed by atoms with Crippen LogP contribution in [0.25, 0.3) is 16.6 Å². The van der Waals surface area contributed by atoms with E-state index < -0.39 is 0 Å². The van der Waals surface area contributed by atoms with Crippen molar-refractivity contribution in [3.8, 4) is 5.69 Å². The van der Waals surface area contributed by atoms with Gasteiger partial charge in [-0.2, -0.15) is 5.10 Å². The highest BCUT2D eigenvalue weighted by Crippen LogP contribution is 2.19. The summed E-state index contributed by atoms with van der Waals surface area (Å²) in [6.45, 7) is 2.54. The maximum atomic E-state index is 12.8. The van der Waals surface area contributed by atoms with E-state index in [0.29, 0.717) is 30.0 Å². The molecule has 2 aromatic heterocycles. The Bertz CT molecular complexity index is 1160. The van der Waals surface area contributed by atoms with Gasteiger partial charge in [-0.15, -0.1) is 0 Å². The average molecular weight is 405 g/mol. The maximum Gasteiger partial charge on any atom is 0.254 e. The SMILES string of the molecule is CCc1c(C(=O)NCCc2cccc3cccnc23)cnn1-c1cccc(Cl)c1. The molecule has 6 heteroatoms. The minimum absolute atomic E-state index is 0.122. The van der Waals surface area contributed by atoms with Crippen LogP contribution >= 0.6 is 11.6 Å². The van der Waals surface area contributed by atoms with Crippen LogP contribution in [0.1, 0.15) is 28.5 Å². The number of rotatable bonds is 6. The number of aromatic nitrogens is 3. The average Bonchev–Trinajstić information content (AvgIpc) is 3.18. The van der Waals surface area contributed by atoms with Crippen LogP contribution in [0.15, 0.2) is 67.0 Å². The highest BCUT2D eigenvalue weighted by Gasteiger charge is 2.17. The van der Waals surface area contributed by atoms with Gasteiger partial charge in [0.25, 0.3) is 5.91 Å². The summed E-state index contributed by atoms with van der Waals surface area (Å²) in [6, 6.07) is 17.5. The van der Waals surface area contributed by atoms with Gasteiger partial charge in [0.05, 0.1) is 28.7 Å². The van der Waals surface area contributed by atoms with Gasteiger partial charge >= 0.3 is 0 Å². The molecule has 0 aliphatic heterocycles. The molecule has 0 radical (unpaired) electrons. The second-order valence-corrected chi connectivity index (χ2v) is 7.18. The molecule has 2 heterocycles. The van der Waals surface area contributed by atoms with Gasteiger partial charge in [-0.1, -0.05) is 48.9 Å². The Morgan fingerprint density at radius 2 is 1.97 bits per heavy atom. The van der Waals surface area contributed by atoms with Crippen molar-refractivity contribution in [2.24, 2.45) is 0 Å². The molecular weight excluding hydrogens is 384 g/mol. The number of fused-ring (bicyclic) bond motifs is 1. The topological polar surface area (TPSA) is 59.8 Å². The third kappa shape index (κ3) is 4.00. The first-order chi connectivity index (χ1) is 14.2. The Morgan fingerprint density at radius 3 is 2.79 bits per heavy atom. The summed E-state index contributed by atoms with van der Waals surface area (Å²) in [5, 5.41) is 9.17. The first-order valence-corrected chi connectivity index (χ1v) is 9.99. The summed E-state index contributed by atoms with van der Waals surface area (Å²) < 4.78 is 1.77. The summed E-state index contributed by atoms with van der Waals surface area (Å²) in [6.07, 6.45) is 4.81. The van der Waals surface area contributed by atoms with Gasteiger partial charge < -0.3 is 5.32 Å². The molecule has 4 rings (SSSR count). The number of para-hydroxylation sites is 1. The fourth-order valence-electron chi connectivity index (χ4n) is 3.51. The van der Waals surface area contributed by atoms with E-state index >= 15 is 0 Å². The molecule has 29 heavy (non-hydrogen) atoms. The van der Waals surface area contributed by atoms with Crippen LogP contribution in [-0.2, 0) is 12.8 Å². The lowest BCUT2D eigenvalue weighted by Crippen LogP contribution is -2.26. The van der Waals surface area contributed by atoms with Crippen LogP contribution in [0.3, 0.4) is 0 Å². The van der Waals surface area contributed by atoms with Crippen molar-refractivity contribution >= 4 is 28.4 Å². The van der Waals surface area contributed by atoms with E-state index in [9.17, 15) is 4.79 Å². The number of carbonyl (C=O) groups excluding carboxylic acids is 1. The van der Waals surface area contributed by atoms with Crippen molar-refractivity contribution in [1.82, 2.24) is 20.1 Å². The number of amides is 1. The number of benzene rings is 2. The van der Waals surface area contributed by atoms with Crippen LogP contribution in [0.2, 0.25) is 5.02 Å². The molecule has 4 aromatic rings. The van der Waals surface area contributed by atoms with Gasteiger partial charge in [0, 0.05) is 23.2 Å². The van der Waals surface area contributed by atoms with Crippen LogP contribution in [0.5, 0.6) is 0 Å². The second-order valence-electron chi connectivity index (χ2n) is 6.75. The Hall–Kier alpha value is -3.18. The Balaban J connectivity index is 1.49. The molecule has 146 valence electrons. The molecule has 0 saturated carbocycles. The fraction of sp³-hybridized carbons (Fsp3) is 0.174. The number of pyridine rings is 1. The highest BCUT2D eigenvalue weighted by atomic mass is 35.5. The Labute approximate surface area is 174 Å². The molecule has 2 aromatic carbocycles. The molecule has 1 amide bonds. The lowest BCUT2D eigenvalue weighted by molar-refractivity contribution is 0.0953. The lowest BCUT2D eigenvalue weighted by atomic mass is 10.1. The number of hydrogen-bond donors (Lipinski definition) is 1. The molecule has 0 fully saturated rings. The fourth-order valence-corrected chi connectivity index (χ4v) is 3.69. The molecule has 0 bridgehead atoms. The van der Waals surface area contributed by atoms with Crippen molar-refractivity contribution in [1.29, 1.82) is 0 Å². The molecule has 5 nitrogen and oxygen atoms in total. The third-order valence-electron chi connectivity index (χ3n) is 4.90. The second kappa shape index (κ2) is 8.45. The van der Waals surface area contributed by atoms with Crippen molar-refractivity contribution in [3.63, 3.8) is 0 Å². The van der Waals surface area contributed by atoms with Crippen molar-refractivity contribution in [2.45, 2.75) is 19.8 Å². The van der Waals surface area contributed by atoms with Gasteiger partial charge in [0.1, 0.15) is 0 Å². The van der Waals surface area contributed by atoms with E-state index in [4.69, 9.17) is 11.6 Å². The normalized spacial score (nSPS) is 11.0. The zero-order valence-corrected chi connectivity index (χ0v) is 16.9. The quantitative estimate of drug-likeness (QED) is 0.510. The van der Waals surface area contributed by atoms with Gasteiger partial charge in [-0.3, -0.25) is 9.78 Å². The minimum atomic E-state index is -0.122. The van der Waals surface area contributed by atoms with Crippen LogP contribution < -0.4 is 5.32 Å². The predicted molar refractivity (Wildman–Crippen MR) is 116 cm³/mol. The van der Waals surface area contributed by atoms with Crippen LogP contribution in [-0.4, -0.2) is 27.2 Å². The first-order valence-electron chi connectivity index (χ1n) is 9.61. The number of nitrogens with one attached hydrogen (secondary N) is 1. The maximum absolute atomic E-state index is 12.8. The predicted octanol–water partition coefficient (Wildman–Crippen LogP) is 4.61. The summed E-state index contributed by atoms with van der Waals surface area (Å²) in [5.41, 5.74) is 4.39. The van der Waals surface area contributed by atoms with Crippen LogP contribution in [0.4, 0.5) is 0 Å². The van der Waals surface area contributed by atoms with Gasteiger partial charge in [-0.05, 0) is 42.7 Å². The van der Waals surface area contributed by atoms with E-state index in [1.165, 1.54) is 0 Å². The van der Waals surface area contributed by atoms with Gasteiger partial charge in [0.15, 0.2) is 0 Å². The van der Waals surface area contributed by atoms with E-state index in [1.54, 1.807) is 17.1 Å². The monoisotopic (exact) mass is 404 g/mol. The van der Waals surface area contributed by atoms with Crippen LogP contribution in [0, 0.1) is 0 Å². The summed E-state index contributed by atoms with van der Waals surface area (Å²) >= 11 is 6.10. The zero-order chi connectivity index (χ0) is 20.2. The lowest BCUT2D eigenvalue weighted by Gasteiger charge is -2.09. The van der Waals surface area contributed by atoms with E-state index in [2.05, 4.69) is 21.5 Å². The van der Waals surface area contributed by atoms with Crippen molar-refractivity contribution < 1.29 is 4.79 Å². The number of hydrogen-bond acceptors (Lipinski definition) is 3. The summed E-state index contributed by atoms with van der Waals surface area (Å²) in [4.78, 5) is 17.3. The van der Waals surface area contributed by atoms with Crippen molar-refractivity contribution in [3.05, 3.63) is 88.8 Å². The van der Waals surface area contributed by atoms with Gasteiger partial charge in [0.2, 0.25) is 0 Å². The molecule has 0 spiro atoms. The Morgan fingerprint density at radius 1 is 1.14 bits per heavy atom. The summed E-state index contributed by atoms with van der Waals surface area (Å²) in [5.74, 6) is -0.122. The van der Waals surface area contributed by atoms with E-state index in [1.807, 2.05) is 55.5 Å². The Kier molecular flexibility index (Phi) is 5.58. The third-order valence-corrected chi connectivity index (χ3v) is 5.13. The minimum Gasteiger partial charge on any atom is -0.352 e. The largest absolute Gasteiger partial charge is 0.352 e. The molecule has 0 aliphatic carbocycles. The number of nitrogens with zero attached hydrogens (tertiary/aromatic N) is 3. The van der Waals surface area contributed by atoms with E-state index in [0.717, 1.165) is 27.8 Å². The highest BCUT2D eigenvalue weighted by molar-refractivity contribution is 6.30. The van der Waals surface area contributed by atoms with Gasteiger partial charge in [-0.25, -0.2) is 4.68 Å². The molecule has 1 N–H and O–H groups in total. The van der Waals surface area contributed by atoms with Crippen molar-refractivity contribution in [2.75, 3.05) is 6.54 Å². The molecular formula is C23H21ClN4O. The van der Waals surface area contributed by atoms with E-state index in [-0.39, 0.29) is 5.91 Å². The molecule has 0 unspecified atom stereocenters. The zero-order valence-electron chi connectivity index (χ0n) is 16.1. The number of carbonyl (C=O) groups is 1. The number of halogens is 1. The summed E-state index contributed by atoms with van der Waals surface area (Å²) in [7, 11) is 0. The first kappa shape index (κ1) is 19.2. The molecule has 0 aliphatic rings. The standard InChI is InChI=1S/C23H21ClN4O/c1-2-21-20(15-27-28(21)19-10-4-9-18(24)14-19)23(29)26-13-11-17-7-3-6-16-8-5-12-25-22(16)17/h3-10,12,14-15H,2,11,13H2,1H3,(H,26,29). The smallest absolute Gasteiger partial charge is 0.254 e. The molecule has 0 atom stereocenters. The molecule has 0 saturated heterocycles.